The molecule has 210 valence electrons. The van der Waals surface area contributed by atoms with E-state index in [0.29, 0.717) is 11.4 Å². The summed E-state index contributed by atoms with van der Waals surface area (Å²) in [7, 11) is 0. The lowest BCUT2D eigenvalue weighted by Gasteiger charge is -2.31. The number of dihydropyridines is 1. The fraction of sp³-hybridized carbons (Fsp3) is 0. The highest BCUT2D eigenvalue weighted by Crippen LogP contribution is 2.38. The largest absolute Gasteiger partial charge is 0.871 e. The number of aliphatic imine (C=N–C) groups is 1. The van der Waals surface area contributed by atoms with Gasteiger partial charge < -0.3 is 10.0 Å². The van der Waals surface area contributed by atoms with Gasteiger partial charge in [-0.05, 0) is 42.5 Å². The molecular weight excluding hydrogens is 544 g/mol. The van der Waals surface area contributed by atoms with E-state index >= 15 is 0 Å². The van der Waals surface area contributed by atoms with Crippen molar-refractivity contribution in [3.8, 4) is 0 Å². The third kappa shape index (κ3) is 4.95. The number of pyridine rings is 1. The average molecular weight is 571 g/mol. The number of carbonyl (C=O) groups is 1. The van der Waals surface area contributed by atoms with Crippen molar-refractivity contribution in [2.75, 3.05) is 4.90 Å². The Kier molecular flexibility index (Phi) is 7.06. The molecule has 1 aliphatic carbocycles. The first kappa shape index (κ1) is 26.7. The molecule has 1 aromatic heterocycles. The summed E-state index contributed by atoms with van der Waals surface area (Å²) in [4.78, 5) is 24.5. The van der Waals surface area contributed by atoms with Gasteiger partial charge in [0.25, 0.3) is 0 Å². The molecule has 5 aromatic rings. The molecule has 0 radical (unpaired) electrons. The highest BCUT2D eigenvalue weighted by atomic mass is 16.3. The molecule has 0 spiro atoms. The Hall–Kier alpha value is -6.14. The summed E-state index contributed by atoms with van der Waals surface area (Å²) < 4.78 is 2.07. The zero-order valence-corrected chi connectivity index (χ0v) is 23.6. The van der Waals surface area contributed by atoms with Crippen LogP contribution in [0.4, 0.5) is 28.4 Å². The molecule has 0 fully saturated rings. The number of aromatic nitrogens is 1. The van der Waals surface area contributed by atoms with E-state index in [-0.39, 0.29) is 22.7 Å². The zero-order chi connectivity index (χ0) is 29.9. The molecule has 0 bridgehead atoms. The smallest absolute Gasteiger partial charge is 0.230 e. The maximum absolute atomic E-state index is 13.3. The summed E-state index contributed by atoms with van der Waals surface area (Å²) in [5.41, 5.74) is 6.38. The SMILES string of the molecule is O=C1C(c2ccc(N(c3ccccc3)c3ccccc3)cn2)=C([O-])/C1=C1\C=CC(=[N+](c2ccccc2)c2ccccc2)C=N1. The molecule has 4 aromatic carbocycles. The molecule has 7 rings (SSSR count). The van der Waals surface area contributed by atoms with Crippen molar-refractivity contribution in [3.63, 3.8) is 0 Å². The third-order valence-corrected chi connectivity index (χ3v) is 7.49. The van der Waals surface area contributed by atoms with Crippen LogP contribution in [-0.2, 0) is 4.79 Å². The van der Waals surface area contributed by atoms with Crippen LogP contribution >= 0.6 is 0 Å². The molecule has 6 nitrogen and oxygen atoms in total. The Bertz CT molecular complexity index is 1890. The van der Waals surface area contributed by atoms with Crippen LogP contribution in [0.5, 0.6) is 0 Å². The number of para-hydroxylation sites is 4. The molecule has 0 N–H and O–H groups in total. The van der Waals surface area contributed by atoms with Gasteiger partial charge in [0.1, 0.15) is 0 Å². The molecule has 0 atom stereocenters. The average Bonchev–Trinajstić information content (AvgIpc) is 3.09. The molecule has 1 aliphatic heterocycles. The summed E-state index contributed by atoms with van der Waals surface area (Å²) in [6, 6.07) is 43.5. The van der Waals surface area contributed by atoms with E-state index in [1.165, 1.54) is 0 Å². The van der Waals surface area contributed by atoms with Crippen LogP contribution in [-0.4, -0.2) is 22.7 Å². The second-order valence-electron chi connectivity index (χ2n) is 10.2. The first-order chi connectivity index (χ1) is 21.7. The third-order valence-electron chi connectivity index (χ3n) is 7.49. The Morgan fingerprint density at radius 2 is 1.14 bits per heavy atom. The zero-order valence-electron chi connectivity index (χ0n) is 23.6. The van der Waals surface area contributed by atoms with Crippen LogP contribution in [0, 0.1) is 0 Å². The molecule has 2 aliphatic rings. The van der Waals surface area contributed by atoms with Gasteiger partial charge in [0, 0.05) is 52.9 Å². The van der Waals surface area contributed by atoms with Crippen LogP contribution in [0.15, 0.2) is 174 Å². The van der Waals surface area contributed by atoms with Crippen molar-refractivity contribution in [3.05, 3.63) is 175 Å². The van der Waals surface area contributed by atoms with Gasteiger partial charge in [0.05, 0.1) is 29.5 Å². The fourth-order valence-electron chi connectivity index (χ4n) is 5.39. The topological polar surface area (TPSA) is 71.6 Å². The highest BCUT2D eigenvalue weighted by molar-refractivity contribution is 6.40. The number of ketones is 1. The van der Waals surface area contributed by atoms with Crippen LogP contribution in [0.3, 0.4) is 0 Å². The quantitative estimate of drug-likeness (QED) is 0.162. The summed E-state index contributed by atoms with van der Waals surface area (Å²) in [6.45, 7) is 0. The van der Waals surface area contributed by atoms with Gasteiger partial charge in [-0.1, -0.05) is 78.6 Å². The number of nitrogens with zero attached hydrogens (tertiary/aromatic N) is 4. The van der Waals surface area contributed by atoms with Crippen LogP contribution in [0.2, 0.25) is 0 Å². The predicted molar refractivity (Wildman–Crippen MR) is 175 cm³/mol. The minimum Gasteiger partial charge on any atom is -0.871 e. The highest BCUT2D eigenvalue weighted by Gasteiger charge is 2.32. The number of hydrogen-bond acceptors (Lipinski definition) is 5. The van der Waals surface area contributed by atoms with E-state index in [9.17, 15) is 9.90 Å². The van der Waals surface area contributed by atoms with Gasteiger partial charge in [0.2, 0.25) is 17.1 Å². The minimum absolute atomic E-state index is 0.0820. The molecule has 6 heteroatoms. The monoisotopic (exact) mass is 570 g/mol. The number of benzene rings is 4. The van der Waals surface area contributed by atoms with E-state index in [0.717, 1.165) is 34.1 Å². The first-order valence-electron chi connectivity index (χ1n) is 14.3. The number of Topliss-reactive ketones (excluding diaryl/α,β-unsaturated/α-hetero) is 1. The van der Waals surface area contributed by atoms with E-state index in [1.807, 2.05) is 133 Å². The van der Waals surface area contributed by atoms with Gasteiger partial charge in [-0.15, -0.1) is 0 Å². The summed E-state index contributed by atoms with van der Waals surface area (Å²) in [6.07, 6.45) is 6.98. The molecule has 0 saturated carbocycles. The fourth-order valence-corrected chi connectivity index (χ4v) is 5.39. The van der Waals surface area contributed by atoms with E-state index in [2.05, 4.69) is 19.5 Å². The standard InChI is InChI=1S/C38H26N4O2/c43-37-35(33-23-21-31(25-39-33)41(27-13-5-1-6-14-27)28-15-7-2-8-16-28)38(44)36(37)34-24-22-32(26-40-34)42(29-17-9-3-10-18-29)30-19-11-4-12-20-30/h1-26H. The summed E-state index contributed by atoms with van der Waals surface area (Å²) in [5.74, 6) is -0.692. The molecule has 44 heavy (non-hydrogen) atoms. The number of allylic oxidation sites excluding steroid dienone is 4. The van der Waals surface area contributed by atoms with Crippen LogP contribution < -0.4 is 14.6 Å². The lowest BCUT2D eigenvalue weighted by atomic mass is 9.84. The Balaban J connectivity index is 1.20. The van der Waals surface area contributed by atoms with Crippen molar-refractivity contribution in [2.45, 2.75) is 0 Å². The number of carbonyl (C=O) groups excluding carboxylic acids is 1. The molecule has 0 saturated heterocycles. The minimum atomic E-state index is -0.346. The van der Waals surface area contributed by atoms with E-state index < -0.39 is 0 Å². The van der Waals surface area contributed by atoms with E-state index in [1.54, 1.807) is 24.6 Å². The summed E-state index contributed by atoms with van der Waals surface area (Å²) in [5, 5.41) is 13.3. The molecule has 2 heterocycles. The Morgan fingerprint density at radius 3 is 1.59 bits per heavy atom. The van der Waals surface area contributed by atoms with Crippen molar-refractivity contribution in [1.82, 2.24) is 9.56 Å². The second kappa shape index (κ2) is 11.6. The van der Waals surface area contributed by atoms with Gasteiger partial charge in [-0.25, -0.2) is 4.99 Å². The van der Waals surface area contributed by atoms with E-state index in [4.69, 9.17) is 0 Å². The maximum Gasteiger partial charge on any atom is 0.230 e. The van der Waals surface area contributed by atoms with Crippen molar-refractivity contribution in [1.29, 1.82) is 0 Å². The lowest BCUT2D eigenvalue weighted by molar-refractivity contribution is -0.297. The maximum atomic E-state index is 13.3. The van der Waals surface area contributed by atoms with Gasteiger partial charge in [0.15, 0.2) is 5.78 Å². The predicted octanol–water partition coefficient (Wildman–Crippen LogP) is 7.08. The Morgan fingerprint density at radius 1 is 0.591 bits per heavy atom. The number of rotatable bonds is 6. The summed E-state index contributed by atoms with van der Waals surface area (Å²) >= 11 is 0. The Labute approximate surface area is 255 Å². The van der Waals surface area contributed by atoms with Crippen molar-refractivity contribution < 1.29 is 9.90 Å². The molecular formula is C38H26N4O2. The van der Waals surface area contributed by atoms with Gasteiger partial charge in [-0.2, -0.15) is 4.58 Å². The first-order valence-corrected chi connectivity index (χ1v) is 14.3. The number of anilines is 3. The van der Waals surface area contributed by atoms with Crippen LogP contribution in [0.1, 0.15) is 5.69 Å². The second-order valence-corrected chi connectivity index (χ2v) is 10.2. The van der Waals surface area contributed by atoms with Gasteiger partial charge >= 0.3 is 0 Å². The number of hydrogen-bond donors (Lipinski definition) is 0. The van der Waals surface area contributed by atoms with Gasteiger partial charge in [-0.3, -0.25) is 9.78 Å². The van der Waals surface area contributed by atoms with Crippen molar-refractivity contribution in [2.24, 2.45) is 4.99 Å². The lowest BCUT2D eigenvalue weighted by Crippen LogP contribution is -2.31. The van der Waals surface area contributed by atoms with Crippen LogP contribution in [0.25, 0.3) is 5.57 Å². The van der Waals surface area contributed by atoms with Crippen molar-refractivity contribution >= 4 is 51.7 Å². The normalized spacial score (nSPS) is 15.7. The molecule has 0 unspecified atom stereocenters. The molecule has 0 amide bonds.